The molecule has 0 bridgehead atoms. The Morgan fingerprint density at radius 2 is 0.850 bits per heavy atom. The molecule has 4 aromatic rings. The maximum Gasteiger partial charge on any atom is 2.00 e. The average molecular weight is 750 g/mol. The number of benzene rings is 4. The molecule has 0 amide bonds. The van der Waals surface area contributed by atoms with E-state index in [0.29, 0.717) is 5.90 Å². The summed E-state index contributed by atoms with van der Waals surface area (Å²) in [6.07, 6.45) is 0. The molecule has 0 spiro atoms. The van der Waals surface area contributed by atoms with E-state index in [4.69, 9.17) is 0 Å². The number of hydrogen-bond acceptors (Lipinski definition) is 1. The number of halogens is 6. The van der Waals surface area contributed by atoms with E-state index in [0.717, 1.165) is 16.5 Å². The standard InChI is InChI=1S/C25H22OP2.C4H7.6FH.Ni.Sb/c26-28(24-17-9-3-10-18-24,25-19-11-4-12-20-25)21-27(22-13-5-1-6-14-22)23-15-7-2-8-16-23;1-4(2)3;;;;;;;;/h1-20H,21H2;1-2H2,3H3;6*1H;;/q;;;;;;;;+2;+5/p-6. The summed E-state index contributed by atoms with van der Waals surface area (Å²) in [4.78, 5) is 0. The minimum atomic E-state index is -11.2. The minimum absolute atomic E-state index is 0. The van der Waals surface area contributed by atoms with E-state index in [2.05, 4.69) is 62.4 Å². The Labute approximate surface area is 246 Å². The van der Waals surface area contributed by atoms with E-state index in [-0.39, 0.29) is 16.5 Å². The zero-order valence-electron chi connectivity index (χ0n) is 21.5. The molecule has 0 atom stereocenters. The molecule has 1 nitrogen and oxygen atoms in total. The fourth-order valence-corrected chi connectivity index (χ4v) is 10.6. The van der Waals surface area contributed by atoms with Gasteiger partial charge in [-0.25, -0.2) is 0 Å². The fourth-order valence-electron chi connectivity index (χ4n) is 3.38. The zero-order chi connectivity index (χ0) is 29.2. The largest absolute Gasteiger partial charge is 2.00 e. The Morgan fingerprint density at radius 3 is 1.10 bits per heavy atom. The van der Waals surface area contributed by atoms with E-state index in [1.165, 1.54) is 10.6 Å². The number of rotatable bonds is 6. The molecule has 11 heteroatoms. The van der Waals surface area contributed by atoms with Gasteiger partial charge in [-0.15, -0.1) is 0 Å². The summed E-state index contributed by atoms with van der Waals surface area (Å²) >= 11 is -11.2. The van der Waals surface area contributed by atoms with Crippen molar-refractivity contribution in [1.29, 1.82) is 0 Å². The SMILES string of the molecule is O=P(CP(c1ccccc1)c1ccccc1)(c1ccccc1)c1ccccc1.[CH2][C]([CH2])C.[F][Sb-]([F])([F])([F])([F])[F].[Ni+2]. The Kier molecular flexibility index (Phi) is 13.3. The molecule has 217 valence electrons. The van der Waals surface area contributed by atoms with Crippen molar-refractivity contribution in [1.82, 2.24) is 0 Å². The minimum Gasteiger partial charge on any atom is 2.00 e. The summed E-state index contributed by atoms with van der Waals surface area (Å²) in [7, 11) is -3.53. The predicted octanol–water partition coefficient (Wildman–Crippen LogP) is 8.48. The van der Waals surface area contributed by atoms with Crippen LogP contribution in [-0.2, 0) is 21.1 Å². The summed E-state index contributed by atoms with van der Waals surface area (Å²) in [6, 6.07) is 41.0. The van der Waals surface area contributed by atoms with Crippen molar-refractivity contribution >= 4 is 55.8 Å². The Morgan fingerprint density at radius 1 is 0.625 bits per heavy atom. The van der Waals surface area contributed by atoms with E-state index in [1.807, 2.05) is 79.7 Å². The summed E-state index contributed by atoms with van der Waals surface area (Å²) in [5, 5.41) is 4.38. The Bertz CT molecular complexity index is 1230. The van der Waals surface area contributed by atoms with Gasteiger partial charge < -0.3 is 4.57 Å². The van der Waals surface area contributed by atoms with E-state index in [1.54, 1.807) is 0 Å². The van der Waals surface area contributed by atoms with Crippen LogP contribution in [0, 0.1) is 19.8 Å². The van der Waals surface area contributed by atoms with Crippen molar-refractivity contribution in [3.63, 3.8) is 0 Å². The van der Waals surface area contributed by atoms with Crippen LogP contribution < -0.4 is 21.2 Å². The third-order valence-corrected chi connectivity index (χ3v) is 11.7. The van der Waals surface area contributed by atoms with Gasteiger partial charge >= 0.3 is 52.8 Å². The molecule has 0 aliphatic heterocycles. The smallest absolute Gasteiger partial charge is 2.00 e. The molecule has 0 saturated carbocycles. The monoisotopic (exact) mass is 748 g/mol. The van der Waals surface area contributed by atoms with Gasteiger partial charge in [0.05, 0.1) is 0 Å². The molecule has 0 N–H and O–H groups in total. The Balaban J connectivity index is 0.000000570. The van der Waals surface area contributed by atoms with Crippen LogP contribution in [0.1, 0.15) is 6.92 Å². The summed E-state index contributed by atoms with van der Waals surface area (Å²) in [5.74, 6) is 1.55. The first-order chi connectivity index (χ1) is 18.0. The molecule has 0 aliphatic rings. The topological polar surface area (TPSA) is 17.1 Å². The van der Waals surface area contributed by atoms with Crippen LogP contribution in [0.5, 0.6) is 0 Å². The first-order valence-corrected chi connectivity index (χ1v) is 20.8. The van der Waals surface area contributed by atoms with E-state index < -0.39 is 34.5 Å². The molecule has 0 aromatic heterocycles. The van der Waals surface area contributed by atoms with Gasteiger partial charge in [-0.3, -0.25) is 0 Å². The quantitative estimate of drug-likeness (QED) is 0.110. The normalized spacial score (nSPS) is 13.0. The van der Waals surface area contributed by atoms with Crippen LogP contribution in [0.2, 0.25) is 0 Å². The molecule has 0 aliphatic carbocycles. The first kappa shape index (κ1) is 36.5. The Hall–Kier alpha value is -1.57. The van der Waals surface area contributed by atoms with Gasteiger partial charge in [0, 0.05) is 16.5 Å². The van der Waals surface area contributed by atoms with Gasteiger partial charge in [-0.1, -0.05) is 128 Å². The fraction of sp³-hybridized carbons (Fsp3) is 0.0690. The predicted molar refractivity (Wildman–Crippen MR) is 156 cm³/mol. The van der Waals surface area contributed by atoms with Crippen LogP contribution in [0.4, 0.5) is 16.9 Å². The second-order valence-corrected chi connectivity index (χ2v) is 19.6. The summed E-state index contributed by atoms with van der Waals surface area (Å²) in [6.45, 7) is 8.75. The maximum atomic E-state index is 14.6. The molecule has 0 saturated heterocycles. The van der Waals surface area contributed by atoms with Gasteiger partial charge in [0.25, 0.3) is 0 Å². The van der Waals surface area contributed by atoms with Crippen LogP contribution in [0.25, 0.3) is 0 Å². The third-order valence-electron chi connectivity index (χ3n) is 4.82. The second-order valence-electron chi connectivity index (χ2n) is 8.57. The van der Waals surface area contributed by atoms with E-state index in [9.17, 15) is 21.4 Å². The molecule has 0 heterocycles. The molecule has 0 fully saturated rings. The van der Waals surface area contributed by atoms with Gasteiger partial charge in [-0.2, -0.15) is 0 Å². The van der Waals surface area contributed by atoms with Crippen LogP contribution >= 0.6 is 15.1 Å². The molecular formula is C29H29F6NiOP2Sb+. The average Bonchev–Trinajstić information content (AvgIpc) is 2.87. The molecular weight excluding hydrogens is 721 g/mol. The molecule has 4 rings (SSSR count). The van der Waals surface area contributed by atoms with Gasteiger partial charge in [0.2, 0.25) is 0 Å². The zero-order valence-corrected chi connectivity index (χ0v) is 26.8. The van der Waals surface area contributed by atoms with Crippen molar-refractivity contribution in [3.8, 4) is 0 Å². The van der Waals surface area contributed by atoms with Gasteiger partial charge in [0.1, 0.15) is 7.14 Å². The van der Waals surface area contributed by atoms with Gasteiger partial charge in [-0.05, 0) is 38.3 Å². The number of hydrogen-bond donors (Lipinski definition) is 0. The van der Waals surface area contributed by atoms with Crippen molar-refractivity contribution in [2.24, 2.45) is 0 Å². The first-order valence-electron chi connectivity index (χ1n) is 11.6. The second kappa shape index (κ2) is 14.6. The van der Waals surface area contributed by atoms with Crippen LogP contribution in [0.15, 0.2) is 121 Å². The molecule has 0 unspecified atom stereocenters. The molecule has 3 radical (unpaired) electrons. The summed E-state index contributed by atoms with van der Waals surface area (Å²) in [5.41, 5.74) is 0. The molecule has 4 aromatic carbocycles. The van der Waals surface area contributed by atoms with Crippen molar-refractivity contribution < 1.29 is 37.9 Å². The molecule has 40 heavy (non-hydrogen) atoms. The van der Waals surface area contributed by atoms with Crippen molar-refractivity contribution in [2.45, 2.75) is 6.92 Å². The van der Waals surface area contributed by atoms with Crippen molar-refractivity contribution in [2.75, 3.05) is 5.90 Å². The maximum absolute atomic E-state index is 14.6. The van der Waals surface area contributed by atoms with E-state index >= 15 is 0 Å². The van der Waals surface area contributed by atoms with Gasteiger partial charge in [0.15, 0.2) is 0 Å². The van der Waals surface area contributed by atoms with Crippen LogP contribution in [-0.4, -0.2) is 25.4 Å². The van der Waals surface area contributed by atoms with Crippen molar-refractivity contribution in [3.05, 3.63) is 141 Å². The third kappa shape index (κ3) is 14.9. The summed E-state index contributed by atoms with van der Waals surface area (Å²) < 4.78 is 74.1. The van der Waals surface area contributed by atoms with Crippen LogP contribution in [0.3, 0.4) is 0 Å².